The predicted molar refractivity (Wildman–Crippen MR) is 284 cm³/mol. The van der Waals surface area contributed by atoms with Crippen molar-refractivity contribution < 1.29 is 28.6 Å². The Hall–Kier alpha value is -3.41. The van der Waals surface area contributed by atoms with Gasteiger partial charge in [0.15, 0.2) is 6.10 Å². The van der Waals surface area contributed by atoms with Gasteiger partial charge in [0.1, 0.15) is 13.2 Å². The van der Waals surface area contributed by atoms with Crippen LogP contribution in [-0.2, 0) is 28.6 Å². The molecule has 0 heterocycles. The first kappa shape index (κ1) is 62.6. The first-order valence-corrected chi connectivity index (χ1v) is 27.6. The normalized spacial score (nSPS) is 12.7. The summed E-state index contributed by atoms with van der Waals surface area (Å²) in [6, 6.07) is 0. The quantitative estimate of drug-likeness (QED) is 0.0262. The van der Waals surface area contributed by atoms with E-state index >= 15 is 0 Å². The highest BCUT2D eigenvalue weighted by Crippen LogP contribution is 2.14. The molecule has 0 spiro atoms. The van der Waals surface area contributed by atoms with Crippen LogP contribution < -0.4 is 0 Å². The van der Waals surface area contributed by atoms with Gasteiger partial charge in [0, 0.05) is 19.3 Å². The van der Waals surface area contributed by atoms with Crippen molar-refractivity contribution in [3.8, 4) is 0 Å². The third kappa shape index (κ3) is 51.6. The number of rotatable bonds is 49. The number of esters is 3. The van der Waals surface area contributed by atoms with E-state index in [1.807, 2.05) is 0 Å². The Balaban J connectivity index is 4.49. The lowest BCUT2D eigenvalue weighted by Crippen LogP contribution is -2.30. The molecule has 0 amide bonds. The van der Waals surface area contributed by atoms with Crippen LogP contribution in [0.3, 0.4) is 0 Å². The van der Waals surface area contributed by atoms with Crippen molar-refractivity contribution in [3.05, 3.63) is 85.1 Å². The van der Waals surface area contributed by atoms with E-state index < -0.39 is 6.10 Å². The van der Waals surface area contributed by atoms with Crippen LogP contribution in [0.2, 0.25) is 0 Å². The van der Waals surface area contributed by atoms with Crippen molar-refractivity contribution >= 4 is 17.9 Å². The summed E-state index contributed by atoms with van der Waals surface area (Å²) in [5.74, 6) is -0.970. The van der Waals surface area contributed by atoms with E-state index in [4.69, 9.17) is 14.2 Å². The molecule has 0 radical (unpaired) electrons. The van der Waals surface area contributed by atoms with Crippen LogP contribution in [-0.4, -0.2) is 37.2 Å². The Kier molecular flexibility index (Phi) is 51.4. The van der Waals surface area contributed by atoms with E-state index in [0.29, 0.717) is 19.3 Å². The molecular weight excluding hydrogens is 817 g/mol. The molecule has 0 aliphatic heterocycles. The summed E-state index contributed by atoms with van der Waals surface area (Å²) in [5.41, 5.74) is 0. The van der Waals surface area contributed by atoms with Crippen molar-refractivity contribution in [2.45, 2.75) is 264 Å². The van der Waals surface area contributed by atoms with Gasteiger partial charge < -0.3 is 14.2 Å². The number of allylic oxidation sites excluding steroid dienone is 14. The second-order valence-electron chi connectivity index (χ2n) is 18.1. The largest absolute Gasteiger partial charge is 0.462 e. The van der Waals surface area contributed by atoms with E-state index in [9.17, 15) is 14.4 Å². The molecule has 6 heteroatoms. The van der Waals surface area contributed by atoms with Crippen LogP contribution in [0.4, 0.5) is 0 Å². The van der Waals surface area contributed by atoms with Crippen molar-refractivity contribution in [2.24, 2.45) is 0 Å². The van der Waals surface area contributed by atoms with Gasteiger partial charge in [-0.15, -0.1) is 0 Å². The average Bonchev–Trinajstić information content (AvgIpc) is 3.31. The first-order chi connectivity index (χ1) is 32.5. The third-order valence-corrected chi connectivity index (χ3v) is 11.6. The minimum atomic E-state index is -0.805. The monoisotopic (exact) mass is 919 g/mol. The molecule has 378 valence electrons. The van der Waals surface area contributed by atoms with Gasteiger partial charge in [0.05, 0.1) is 0 Å². The predicted octanol–water partition coefficient (Wildman–Crippen LogP) is 18.4. The van der Waals surface area contributed by atoms with Crippen LogP contribution in [0.5, 0.6) is 0 Å². The van der Waals surface area contributed by atoms with Crippen LogP contribution in [0, 0.1) is 0 Å². The highest BCUT2D eigenvalue weighted by Gasteiger charge is 2.19. The van der Waals surface area contributed by atoms with Gasteiger partial charge in [-0.25, -0.2) is 0 Å². The maximum atomic E-state index is 12.8. The number of ether oxygens (including phenoxy) is 3. The highest BCUT2D eigenvalue weighted by molar-refractivity contribution is 5.71. The van der Waals surface area contributed by atoms with Gasteiger partial charge in [-0.3, -0.25) is 14.4 Å². The second kappa shape index (κ2) is 54.2. The minimum absolute atomic E-state index is 0.0997. The third-order valence-electron chi connectivity index (χ3n) is 11.6. The van der Waals surface area contributed by atoms with E-state index in [-0.39, 0.29) is 37.5 Å². The number of carbonyl (C=O) groups is 3. The van der Waals surface area contributed by atoms with Gasteiger partial charge in [0.25, 0.3) is 0 Å². The average molecular weight is 919 g/mol. The zero-order chi connectivity index (χ0) is 47.9. The van der Waals surface area contributed by atoms with Crippen LogP contribution in [0.25, 0.3) is 0 Å². The van der Waals surface area contributed by atoms with Crippen LogP contribution in [0.1, 0.15) is 258 Å². The highest BCUT2D eigenvalue weighted by atomic mass is 16.6. The zero-order valence-corrected chi connectivity index (χ0v) is 43.2. The molecule has 66 heavy (non-hydrogen) atoms. The topological polar surface area (TPSA) is 78.9 Å². The number of unbranched alkanes of at least 4 members (excludes halogenated alkanes) is 24. The second-order valence-corrected chi connectivity index (χ2v) is 18.1. The number of hydrogen-bond acceptors (Lipinski definition) is 6. The fourth-order valence-corrected chi connectivity index (χ4v) is 7.47. The Morgan fingerprint density at radius 1 is 0.318 bits per heavy atom. The van der Waals surface area contributed by atoms with Crippen LogP contribution >= 0.6 is 0 Å². The molecule has 0 aromatic carbocycles. The van der Waals surface area contributed by atoms with E-state index in [2.05, 4.69) is 106 Å². The SMILES string of the molecule is CC/C=C\C/C=C\C/C=C\C/C=C\C/C=C\CCCC(=O)OCC(COC(=O)CCCCCCCCC/C=C\CCCCCC)OC(=O)CCCCCCC/C=C\CCCCCCCCC. The fraction of sp³-hybridized carbons (Fsp3) is 0.717. The molecule has 0 rings (SSSR count). The summed E-state index contributed by atoms with van der Waals surface area (Å²) < 4.78 is 16.8. The van der Waals surface area contributed by atoms with Crippen molar-refractivity contribution in [1.29, 1.82) is 0 Å². The van der Waals surface area contributed by atoms with Gasteiger partial charge >= 0.3 is 17.9 Å². The Morgan fingerprint density at radius 3 is 1.02 bits per heavy atom. The van der Waals surface area contributed by atoms with E-state index in [1.54, 1.807) is 0 Å². The Bertz CT molecular complexity index is 1290. The maximum absolute atomic E-state index is 12.8. The number of carbonyl (C=O) groups excluding carboxylic acids is 3. The fourth-order valence-electron chi connectivity index (χ4n) is 7.47. The standard InChI is InChI=1S/C60H102O6/c1-4-7-10-13-16-19-22-25-28-30-33-35-38-41-44-47-50-53-59(62)65-56-57(55-64-58(61)52-49-46-43-40-37-34-31-27-24-21-18-15-12-9-6-3)66-60(63)54-51-48-45-42-39-36-32-29-26-23-20-17-14-11-8-5-2/h7,10,16,19,21,24-25,28-29,32-33,35,41,44,57H,4-6,8-9,11-15,17-18,20,22-23,26-27,30-31,34,36-40,42-43,45-56H2,1-3H3/b10-7-,19-16-,24-21-,28-25-,32-29-,35-33-,44-41-. The smallest absolute Gasteiger partial charge is 0.306 e. The first-order valence-electron chi connectivity index (χ1n) is 27.6. The molecule has 0 N–H and O–H groups in total. The summed E-state index contributed by atoms with van der Waals surface area (Å²) in [6.07, 6.45) is 70.0. The molecule has 0 aliphatic rings. The molecule has 0 saturated heterocycles. The molecule has 0 aromatic heterocycles. The van der Waals surface area contributed by atoms with E-state index in [1.165, 1.54) is 122 Å². The van der Waals surface area contributed by atoms with Crippen LogP contribution in [0.15, 0.2) is 85.1 Å². The summed E-state index contributed by atoms with van der Waals surface area (Å²) in [6.45, 7) is 6.46. The number of hydrogen-bond donors (Lipinski definition) is 0. The molecule has 6 nitrogen and oxygen atoms in total. The molecule has 0 aliphatic carbocycles. The molecule has 1 atom stereocenters. The zero-order valence-electron chi connectivity index (χ0n) is 43.2. The summed E-state index contributed by atoms with van der Waals surface area (Å²) in [7, 11) is 0. The van der Waals surface area contributed by atoms with Crippen molar-refractivity contribution in [2.75, 3.05) is 13.2 Å². The summed E-state index contributed by atoms with van der Waals surface area (Å²) >= 11 is 0. The van der Waals surface area contributed by atoms with Gasteiger partial charge in [-0.1, -0.05) is 215 Å². The maximum Gasteiger partial charge on any atom is 0.306 e. The van der Waals surface area contributed by atoms with Crippen molar-refractivity contribution in [1.82, 2.24) is 0 Å². The lowest BCUT2D eigenvalue weighted by molar-refractivity contribution is -0.167. The van der Waals surface area contributed by atoms with Gasteiger partial charge in [0.2, 0.25) is 0 Å². The molecule has 0 aromatic rings. The molecule has 0 fully saturated rings. The Labute approximate surface area is 407 Å². The molecule has 0 saturated carbocycles. The lowest BCUT2D eigenvalue weighted by Gasteiger charge is -2.18. The Morgan fingerprint density at radius 2 is 0.606 bits per heavy atom. The van der Waals surface area contributed by atoms with Gasteiger partial charge in [-0.2, -0.15) is 0 Å². The van der Waals surface area contributed by atoms with Crippen molar-refractivity contribution in [3.63, 3.8) is 0 Å². The lowest BCUT2D eigenvalue weighted by atomic mass is 10.1. The molecule has 1 unspecified atom stereocenters. The molecular formula is C60H102O6. The molecule has 0 bridgehead atoms. The summed E-state index contributed by atoms with van der Waals surface area (Å²) in [4.78, 5) is 38.1. The van der Waals surface area contributed by atoms with Gasteiger partial charge in [-0.05, 0) is 109 Å². The minimum Gasteiger partial charge on any atom is -0.462 e. The van der Waals surface area contributed by atoms with E-state index in [0.717, 1.165) is 89.9 Å². The summed E-state index contributed by atoms with van der Waals surface area (Å²) in [5, 5.41) is 0.